The number of ether oxygens (including phenoxy) is 1. The fourth-order valence-corrected chi connectivity index (χ4v) is 4.61. The Morgan fingerprint density at radius 1 is 1.03 bits per heavy atom. The number of hydrogen-bond donors (Lipinski definition) is 0. The summed E-state index contributed by atoms with van der Waals surface area (Å²) in [5.74, 6) is -0.294. The van der Waals surface area contributed by atoms with E-state index in [9.17, 15) is 4.79 Å². The maximum Gasteiger partial charge on any atom is 0.310 e. The molecule has 0 fully saturated rings. The normalized spacial score (nSPS) is 11.7. The first-order valence-corrected chi connectivity index (χ1v) is 12.0. The number of benzene rings is 2. The van der Waals surface area contributed by atoms with Gasteiger partial charge in [-0.3, -0.25) is 4.79 Å². The Labute approximate surface area is 206 Å². The van der Waals surface area contributed by atoms with Crippen LogP contribution in [0.4, 0.5) is 0 Å². The van der Waals surface area contributed by atoms with Crippen molar-refractivity contribution in [2.24, 2.45) is 5.16 Å². The van der Waals surface area contributed by atoms with Gasteiger partial charge in [0.05, 0.1) is 27.4 Å². The Balaban J connectivity index is 2.10. The zero-order valence-corrected chi connectivity index (χ0v) is 20.9. The lowest BCUT2D eigenvalue weighted by atomic mass is 10.0. The van der Waals surface area contributed by atoms with Crippen molar-refractivity contribution in [2.45, 2.75) is 33.3 Å². The summed E-state index contributed by atoms with van der Waals surface area (Å²) >= 11 is 19.9. The largest absolute Gasteiger partial charge is 0.463 e. The molecule has 32 heavy (non-hydrogen) atoms. The van der Waals surface area contributed by atoms with Gasteiger partial charge in [0, 0.05) is 15.5 Å². The van der Waals surface area contributed by atoms with Gasteiger partial charge in [0.1, 0.15) is 12.3 Å². The van der Waals surface area contributed by atoms with Crippen molar-refractivity contribution < 1.29 is 14.4 Å². The van der Waals surface area contributed by atoms with Crippen LogP contribution in [0.1, 0.15) is 36.8 Å². The molecule has 0 spiro atoms. The molecule has 0 atom stereocenters. The van der Waals surface area contributed by atoms with E-state index in [0.717, 1.165) is 26.4 Å². The van der Waals surface area contributed by atoms with Crippen LogP contribution in [0.25, 0.3) is 10.4 Å². The van der Waals surface area contributed by atoms with E-state index in [1.807, 2.05) is 57.2 Å². The van der Waals surface area contributed by atoms with Crippen LogP contribution in [0.3, 0.4) is 0 Å². The van der Waals surface area contributed by atoms with Crippen LogP contribution >= 0.6 is 46.1 Å². The first kappa shape index (κ1) is 24.6. The van der Waals surface area contributed by atoms with Crippen molar-refractivity contribution >= 4 is 57.8 Å². The number of carbonyl (C=O) groups is 1. The van der Waals surface area contributed by atoms with Crippen LogP contribution in [-0.2, 0) is 20.8 Å². The minimum Gasteiger partial charge on any atom is -0.463 e. The molecule has 0 radical (unpaired) electrons. The van der Waals surface area contributed by atoms with Gasteiger partial charge in [-0.1, -0.05) is 58.2 Å². The van der Waals surface area contributed by atoms with E-state index in [2.05, 4.69) is 5.16 Å². The first-order chi connectivity index (χ1) is 15.3. The van der Waals surface area contributed by atoms with Gasteiger partial charge in [0.25, 0.3) is 0 Å². The summed E-state index contributed by atoms with van der Waals surface area (Å²) in [4.78, 5) is 19.6. The highest BCUT2D eigenvalue weighted by atomic mass is 35.5. The number of nitrogens with zero attached hydrogens (tertiary/aromatic N) is 1. The molecular weight excluding hydrogens is 489 g/mol. The Morgan fingerprint density at radius 2 is 1.75 bits per heavy atom. The number of oxime groups is 1. The van der Waals surface area contributed by atoms with Gasteiger partial charge in [0.15, 0.2) is 0 Å². The summed E-state index contributed by atoms with van der Waals surface area (Å²) < 4.78 is 5.37. The number of thiophene rings is 1. The summed E-state index contributed by atoms with van der Waals surface area (Å²) in [6.07, 6.45) is -0.0542. The Bertz CT molecular complexity index is 1120. The average Bonchev–Trinajstić information content (AvgIpc) is 3.14. The Kier molecular flexibility index (Phi) is 8.60. The average molecular weight is 511 g/mol. The molecule has 168 valence electrons. The second kappa shape index (κ2) is 11.2. The standard InChI is InChI=1S/C24H22Cl3NO3S/c1-4-30-28-23(16-7-10-19(26)20(27)11-16)21-12-17(13-22(29)31-14(2)3)24(32-21)15-5-8-18(25)9-6-15/h5-12,14H,4,13H2,1-3H3/b28-23+. The molecular formula is C24H22Cl3NO3S. The molecule has 1 aromatic heterocycles. The second-order valence-electron chi connectivity index (χ2n) is 7.17. The van der Waals surface area contributed by atoms with Crippen molar-refractivity contribution in [3.05, 3.63) is 79.6 Å². The highest BCUT2D eigenvalue weighted by Crippen LogP contribution is 2.36. The van der Waals surface area contributed by atoms with Crippen LogP contribution in [0.2, 0.25) is 15.1 Å². The lowest BCUT2D eigenvalue weighted by Gasteiger charge is -2.08. The van der Waals surface area contributed by atoms with Gasteiger partial charge >= 0.3 is 5.97 Å². The van der Waals surface area contributed by atoms with Gasteiger partial charge in [-0.05, 0) is 62.2 Å². The van der Waals surface area contributed by atoms with Crippen molar-refractivity contribution in [3.8, 4) is 10.4 Å². The van der Waals surface area contributed by atoms with Gasteiger partial charge in [-0.2, -0.15) is 0 Å². The summed E-state index contributed by atoms with van der Waals surface area (Å²) in [6.45, 7) is 5.92. The summed E-state index contributed by atoms with van der Waals surface area (Å²) in [6, 6.07) is 14.7. The second-order valence-corrected chi connectivity index (χ2v) is 9.48. The van der Waals surface area contributed by atoms with Crippen LogP contribution in [0.5, 0.6) is 0 Å². The minimum absolute atomic E-state index is 0.135. The first-order valence-electron chi connectivity index (χ1n) is 10.0. The minimum atomic E-state index is -0.294. The number of esters is 1. The Hall–Kier alpha value is -2.05. The predicted molar refractivity (Wildman–Crippen MR) is 133 cm³/mol. The molecule has 2 aromatic carbocycles. The highest BCUT2D eigenvalue weighted by Gasteiger charge is 2.20. The molecule has 0 saturated heterocycles. The molecule has 0 amide bonds. The topological polar surface area (TPSA) is 47.9 Å². The molecule has 0 aliphatic rings. The molecule has 3 aromatic rings. The SMILES string of the molecule is CCO/N=C(\c1ccc(Cl)c(Cl)c1)c1cc(CC(=O)OC(C)C)c(-c2ccc(Cl)cc2)s1. The van der Waals surface area contributed by atoms with E-state index in [1.54, 1.807) is 12.1 Å². The van der Waals surface area contributed by atoms with E-state index >= 15 is 0 Å². The van der Waals surface area contributed by atoms with Crippen LogP contribution < -0.4 is 0 Å². The van der Waals surface area contributed by atoms with E-state index in [1.165, 1.54) is 11.3 Å². The zero-order valence-electron chi connectivity index (χ0n) is 17.8. The maximum atomic E-state index is 12.4. The lowest BCUT2D eigenvalue weighted by molar-refractivity contribution is -0.146. The van der Waals surface area contributed by atoms with E-state index in [4.69, 9.17) is 44.4 Å². The molecule has 0 N–H and O–H groups in total. The number of carbonyl (C=O) groups excluding carboxylic acids is 1. The van der Waals surface area contributed by atoms with Gasteiger partial charge in [-0.25, -0.2) is 0 Å². The van der Waals surface area contributed by atoms with Crippen LogP contribution in [-0.4, -0.2) is 24.4 Å². The quantitative estimate of drug-likeness (QED) is 0.177. The number of rotatable bonds is 8. The molecule has 8 heteroatoms. The van der Waals surface area contributed by atoms with Crippen molar-refractivity contribution in [1.29, 1.82) is 0 Å². The molecule has 0 aliphatic carbocycles. The fourth-order valence-electron chi connectivity index (χ4n) is 2.99. The van der Waals surface area contributed by atoms with E-state index in [-0.39, 0.29) is 18.5 Å². The van der Waals surface area contributed by atoms with Crippen LogP contribution in [0.15, 0.2) is 53.7 Å². The Morgan fingerprint density at radius 3 is 2.38 bits per heavy atom. The molecule has 3 rings (SSSR count). The van der Waals surface area contributed by atoms with Crippen molar-refractivity contribution in [1.82, 2.24) is 0 Å². The molecule has 0 aliphatic heterocycles. The molecule has 0 saturated carbocycles. The third-order valence-corrected chi connectivity index (χ3v) is 6.55. The van der Waals surface area contributed by atoms with Gasteiger partial charge in [0.2, 0.25) is 0 Å². The lowest BCUT2D eigenvalue weighted by Crippen LogP contribution is -2.13. The smallest absolute Gasteiger partial charge is 0.310 e. The van der Waals surface area contributed by atoms with Gasteiger partial charge < -0.3 is 9.57 Å². The molecule has 1 heterocycles. The predicted octanol–water partition coefficient (Wildman–Crippen LogP) is 7.66. The number of halogens is 3. The zero-order chi connectivity index (χ0) is 23.3. The van der Waals surface area contributed by atoms with Crippen molar-refractivity contribution in [3.63, 3.8) is 0 Å². The molecule has 4 nitrogen and oxygen atoms in total. The van der Waals surface area contributed by atoms with Crippen molar-refractivity contribution in [2.75, 3.05) is 6.61 Å². The third kappa shape index (κ3) is 6.26. The van der Waals surface area contributed by atoms with E-state index in [0.29, 0.717) is 27.4 Å². The monoisotopic (exact) mass is 509 g/mol. The maximum absolute atomic E-state index is 12.4. The number of hydrogen-bond acceptors (Lipinski definition) is 5. The van der Waals surface area contributed by atoms with E-state index < -0.39 is 0 Å². The van der Waals surface area contributed by atoms with Gasteiger partial charge in [-0.15, -0.1) is 11.3 Å². The summed E-state index contributed by atoms with van der Waals surface area (Å²) in [5.41, 5.74) is 3.15. The molecule has 0 bridgehead atoms. The third-order valence-electron chi connectivity index (χ3n) is 4.33. The van der Waals surface area contributed by atoms with Crippen LogP contribution in [0, 0.1) is 0 Å². The summed E-state index contributed by atoms with van der Waals surface area (Å²) in [7, 11) is 0. The molecule has 0 unspecified atom stereocenters. The highest BCUT2D eigenvalue weighted by molar-refractivity contribution is 7.17. The summed E-state index contributed by atoms with van der Waals surface area (Å²) in [5, 5.41) is 5.85. The fraction of sp³-hybridized carbons (Fsp3) is 0.250.